The van der Waals surface area contributed by atoms with E-state index in [0.717, 1.165) is 18.6 Å². The summed E-state index contributed by atoms with van der Waals surface area (Å²) < 4.78 is 5.98. The molecule has 0 amide bonds. The van der Waals surface area contributed by atoms with Gasteiger partial charge in [-0.15, -0.1) is 0 Å². The van der Waals surface area contributed by atoms with Crippen molar-refractivity contribution in [3.05, 3.63) is 102 Å². The molecule has 0 spiro atoms. The molecule has 0 unspecified atom stereocenters. The van der Waals surface area contributed by atoms with E-state index in [4.69, 9.17) is 10.5 Å². The van der Waals surface area contributed by atoms with Crippen molar-refractivity contribution < 1.29 is 4.74 Å². The van der Waals surface area contributed by atoms with Crippen LogP contribution in [0.5, 0.6) is 5.75 Å². The minimum atomic E-state index is 0.346. The maximum Gasteiger partial charge on any atom is 0.119 e. The van der Waals surface area contributed by atoms with Gasteiger partial charge in [-0.25, -0.2) is 0 Å². The molecule has 25 heavy (non-hydrogen) atoms. The second kappa shape index (κ2) is 9.05. The number of benzene rings is 3. The Morgan fingerprint density at radius 3 is 1.80 bits per heavy atom. The maximum absolute atomic E-state index is 5.98. The number of nitrogens with two attached hydrogens (primary N) is 1. The van der Waals surface area contributed by atoms with E-state index in [1.54, 1.807) is 0 Å². The molecule has 0 bridgehead atoms. The molecule has 0 atom stereocenters. The Bertz CT molecular complexity index is 699. The van der Waals surface area contributed by atoms with E-state index >= 15 is 0 Å². The van der Waals surface area contributed by atoms with Crippen molar-refractivity contribution in [2.24, 2.45) is 5.73 Å². The first-order chi connectivity index (χ1) is 12.4. The third kappa shape index (κ3) is 4.94. The zero-order valence-electron chi connectivity index (χ0n) is 14.5. The van der Waals surface area contributed by atoms with Crippen LogP contribution in [0.15, 0.2) is 84.9 Å². The van der Waals surface area contributed by atoms with Crippen LogP contribution < -0.4 is 10.5 Å². The van der Waals surface area contributed by atoms with E-state index in [0.29, 0.717) is 19.1 Å². The number of ether oxygens (including phenoxy) is 1. The summed E-state index contributed by atoms with van der Waals surface area (Å²) in [6, 6.07) is 29.5. The molecule has 2 nitrogen and oxygen atoms in total. The first-order valence-corrected chi connectivity index (χ1v) is 8.88. The minimum Gasteiger partial charge on any atom is -0.494 e. The summed E-state index contributed by atoms with van der Waals surface area (Å²) in [4.78, 5) is 0. The Balaban J connectivity index is 1.65. The summed E-state index contributed by atoms with van der Waals surface area (Å²) in [6.07, 6.45) is 1.85. The van der Waals surface area contributed by atoms with Crippen molar-refractivity contribution in [2.75, 3.05) is 13.2 Å². The molecule has 128 valence electrons. The van der Waals surface area contributed by atoms with Crippen LogP contribution in [-0.2, 0) is 6.42 Å². The second-order valence-electron chi connectivity index (χ2n) is 6.19. The molecule has 0 aliphatic carbocycles. The van der Waals surface area contributed by atoms with Gasteiger partial charge in [0.05, 0.1) is 6.61 Å². The summed E-state index contributed by atoms with van der Waals surface area (Å²) in [5, 5.41) is 0. The summed E-state index contributed by atoms with van der Waals surface area (Å²) in [6.45, 7) is 1.36. The molecule has 2 heteroatoms. The van der Waals surface area contributed by atoms with Crippen LogP contribution >= 0.6 is 0 Å². The summed E-state index contributed by atoms with van der Waals surface area (Å²) in [5.41, 5.74) is 9.50. The lowest BCUT2D eigenvalue weighted by atomic mass is 9.89. The molecule has 0 aliphatic rings. The molecule has 0 radical (unpaired) electrons. The second-order valence-corrected chi connectivity index (χ2v) is 6.19. The van der Waals surface area contributed by atoms with Gasteiger partial charge in [0.15, 0.2) is 0 Å². The molecular weight excluding hydrogens is 306 g/mol. The third-order valence-corrected chi connectivity index (χ3v) is 4.44. The van der Waals surface area contributed by atoms with Crippen molar-refractivity contribution in [3.8, 4) is 5.75 Å². The fourth-order valence-corrected chi connectivity index (χ4v) is 3.11. The zero-order valence-corrected chi connectivity index (χ0v) is 14.5. The summed E-state index contributed by atoms with van der Waals surface area (Å²) >= 11 is 0. The fraction of sp³-hybridized carbons (Fsp3) is 0.217. The average molecular weight is 331 g/mol. The van der Waals surface area contributed by atoms with Gasteiger partial charge in [-0.1, -0.05) is 72.8 Å². The van der Waals surface area contributed by atoms with Gasteiger partial charge in [-0.05, 0) is 48.2 Å². The lowest BCUT2D eigenvalue weighted by Gasteiger charge is -2.18. The molecule has 0 saturated heterocycles. The van der Waals surface area contributed by atoms with Gasteiger partial charge in [0.25, 0.3) is 0 Å². The predicted molar refractivity (Wildman–Crippen MR) is 104 cm³/mol. The Morgan fingerprint density at radius 1 is 0.720 bits per heavy atom. The molecule has 0 aliphatic heterocycles. The highest BCUT2D eigenvalue weighted by Gasteiger charge is 2.13. The van der Waals surface area contributed by atoms with Crippen molar-refractivity contribution in [2.45, 2.75) is 18.8 Å². The smallest absolute Gasteiger partial charge is 0.119 e. The quantitative estimate of drug-likeness (QED) is 0.644. The molecule has 3 aromatic rings. The van der Waals surface area contributed by atoms with E-state index in [1.807, 2.05) is 12.1 Å². The molecule has 0 fully saturated rings. The van der Waals surface area contributed by atoms with Crippen LogP contribution in [0, 0.1) is 0 Å². The van der Waals surface area contributed by atoms with Crippen LogP contribution in [0.1, 0.15) is 29.0 Å². The normalized spacial score (nSPS) is 10.8. The molecule has 0 heterocycles. The Hall–Kier alpha value is -2.58. The van der Waals surface area contributed by atoms with Gasteiger partial charge >= 0.3 is 0 Å². The van der Waals surface area contributed by atoms with E-state index in [9.17, 15) is 0 Å². The predicted octanol–water partition coefficient (Wildman–Crippen LogP) is 4.79. The van der Waals surface area contributed by atoms with Crippen LogP contribution in [0.4, 0.5) is 0 Å². The van der Waals surface area contributed by atoms with Gasteiger partial charge < -0.3 is 10.5 Å². The molecule has 2 N–H and O–H groups in total. The largest absolute Gasteiger partial charge is 0.494 e. The Kier molecular flexibility index (Phi) is 6.24. The highest BCUT2D eigenvalue weighted by molar-refractivity contribution is 5.32. The standard InChI is InChI=1S/C23H25NO/c24-17-15-19-11-13-22(14-12-19)25-18-16-23(20-7-3-1-4-8-20)21-9-5-2-6-10-21/h1-14,23H,15-18,24H2. The van der Waals surface area contributed by atoms with Gasteiger partial charge in [0.2, 0.25) is 0 Å². The van der Waals surface area contributed by atoms with Crippen LogP contribution in [-0.4, -0.2) is 13.2 Å². The fourth-order valence-electron chi connectivity index (χ4n) is 3.11. The monoisotopic (exact) mass is 331 g/mol. The minimum absolute atomic E-state index is 0.346. The van der Waals surface area contributed by atoms with Crippen molar-refractivity contribution in [3.63, 3.8) is 0 Å². The van der Waals surface area contributed by atoms with Gasteiger partial charge in [-0.3, -0.25) is 0 Å². The van der Waals surface area contributed by atoms with Crippen LogP contribution in [0.25, 0.3) is 0 Å². The van der Waals surface area contributed by atoms with E-state index < -0.39 is 0 Å². The third-order valence-electron chi connectivity index (χ3n) is 4.44. The Labute approximate surface area is 150 Å². The van der Waals surface area contributed by atoms with Gasteiger partial charge in [0.1, 0.15) is 5.75 Å². The van der Waals surface area contributed by atoms with Crippen LogP contribution in [0.2, 0.25) is 0 Å². The maximum atomic E-state index is 5.98. The molecule has 3 rings (SSSR count). The summed E-state index contributed by atoms with van der Waals surface area (Å²) in [5.74, 6) is 1.26. The number of hydrogen-bond acceptors (Lipinski definition) is 2. The molecular formula is C23H25NO. The lowest BCUT2D eigenvalue weighted by Crippen LogP contribution is -2.07. The molecule has 0 aromatic heterocycles. The Morgan fingerprint density at radius 2 is 1.28 bits per heavy atom. The SMILES string of the molecule is NCCc1ccc(OCCC(c2ccccc2)c2ccccc2)cc1. The van der Waals surface area contributed by atoms with E-state index in [1.165, 1.54) is 16.7 Å². The van der Waals surface area contributed by atoms with E-state index in [2.05, 4.69) is 72.8 Å². The zero-order chi connectivity index (χ0) is 17.3. The topological polar surface area (TPSA) is 35.2 Å². The van der Waals surface area contributed by atoms with Crippen molar-refractivity contribution in [1.82, 2.24) is 0 Å². The van der Waals surface area contributed by atoms with Crippen molar-refractivity contribution in [1.29, 1.82) is 0 Å². The number of hydrogen-bond donors (Lipinski definition) is 1. The average Bonchev–Trinajstić information content (AvgIpc) is 2.68. The highest BCUT2D eigenvalue weighted by atomic mass is 16.5. The van der Waals surface area contributed by atoms with Gasteiger partial charge in [-0.2, -0.15) is 0 Å². The number of rotatable bonds is 8. The van der Waals surface area contributed by atoms with Crippen molar-refractivity contribution >= 4 is 0 Å². The van der Waals surface area contributed by atoms with Crippen LogP contribution in [0.3, 0.4) is 0 Å². The first kappa shape index (κ1) is 17.2. The van der Waals surface area contributed by atoms with E-state index in [-0.39, 0.29) is 0 Å². The molecule has 3 aromatic carbocycles. The molecule has 0 saturated carbocycles. The van der Waals surface area contributed by atoms with Gasteiger partial charge in [0, 0.05) is 5.92 Å². The highest BCUT2D eigenvalue weighted by Crippen LogP contribution is 2.28. The summed E-state index contributed by atoms with van der Waals surface area (Å²) in [7, 11) is 0. The lowest BCUT2D eigenvalue weighted by molar-refractivity contribution is 0.304. The first-order valence-electron chi connectivity index (χ1n) is 8.88.